The fourth-order valence-electron chi connectivity index (χ4n) is 2.37. The first kappa shape index (κ1) is 13.8. The van der Waals surface area contributed by atoms with Crippen molar-refractivity contribution in [1.82, 2.24) is 4.90 Å². The Morgan fingerprint density at radius 1 is 1.24 bits per heavy atom. The number of carbonyl (C=O) groups is 1. The number of ether oxygens (including phenoxy) is 1. The Balaban J connectivity index is 1.89. The molecule has 0 saturated heterocycles. The maximum absolute atomic E-state index is 12.6. The molecule has 0 radical (unpaired) electrons. The van der Waals surface area contributed by atoms with Crippen LogP contribution in [0.2, 0.25) is 5.02 Å². The van der Waals surface area contributed by atoms with Crippen LogP contribution in [-0.2, 0) is 6.54 Å². The number of fused-ring (bicyclic) bond motifs is 1. The molecule has 1 amide bonds. The van der Waals surface area contributed by atoms with Crippen molar-refractivity contribution in [1.29, 1.82) is 0 Å². The molecule has 0 saturated carbocycles. The van der Waals surface area contributed by atoms with Gasteiger partial charge in [0.25, 0.3) is 5.91 Å². The second-order valence-corrected chi connectivity index (χ2v) is 5.35. The van der Waals surface area contributed by atoms with Gasteiger partial charge < -0.3 is 15.4 Å². The molecule has 0 fully saturated rings. The number of benzene rings is 2. The van der Waals surface area contributed by atoms with Gasteiger partial charge in [-0.3, -0.25) is 4.79 Å². The summed E-state index contributed by atoms with van der Waals surface area (Å²) >= 11 is 6.00. The average Bonchev–Trinajstić information content (AvgIpc) is 2.64. The van der Waals surface area contributed by atoms with Gasteiger partial charge in [-0.15, -0.1) is 0 Å². The van der Waals surface area contributed by atoms with E-state index in [1.165, 1.54) is 0 Å². The van der Waals surface area contributed by atoms with Gasteiger partial charge in [0, 0.05) is 17.3 Å². The Morgan fingerprint density at radius 3 is 2.90 bits per heavy atom. The maximum Gasteiger partial charge on any atom is 0.258 e. The minimum Gasteiger partial charge on any atom is -0.491 e. The van der Waals surface area contributed by atoms with Gasteiger partial charge in [-0.25, -0.2) is 0 Å². The molecule has 0 aromatic heterocycles. The normalized spacial score (nSPS) is 14.3. The number of nitrogens with zero attached hydrogens (tertiary/aromatic N) is 1. The van der Waals surface area contributed by atoms with Crippen LogP contribution in [0.3, 0.4) is 0 Å². The molecule has 0 atom stereocenters. The van der Waals surface area contributed by atoms with Crippen LogP contribution >= 0.6 is 11.6 Å². The molecule has 0 bridgehead atoms. The first-order chi connectivity index (χ1) is 10.1. The predicted octanol–water partition coefficient (Wildman–Crippen LogP) is 2.96. The van der Waals surface area contributed by atoms with Gasteiger partial charge in [-0.2, -0.15) is 0 Å². The molecule has 2 N–H and O–H groups in total. The van der Waals surface area contributed by atoms with E-state index in [2.05, 4.69) is 0 Å². The lowest BCUT2D eigenvalue weighted by atomic mass is 10.1. The molecule has 2 aromatic carbocycles. The third-order valence-corrected chi connectivity index (χ3v) is 3.72. The molecule has 21 heavy (non-hydrogen) atoms. The van der Waals surface area contributed by atoms with Crippen molar-refractivity contribution < 1.29 is 9.53 Å². The van der Waals surface area contributed by atoms with Gasteiger partial charge in [0.05, 0.1) is 12.1 Å². The summed E-state index contributed by atoms with van der Waals surface area (Å²) in [4.78, 5) is 14.3. The number of amides is 1. The van der Waals surface area contributed by atoms with Crippen molar-refractivity contribution in [3.05, 3.63) is 58.6 Å². The van der Waals surface area contributed by atoms with E-state index in [0.717, 1.165) is 5.56 Å². The largest absolute Gasteiger partial charge is 0.491 e. The molecule has 108 valence electrons. The third-order valence-electron chi connectivity index (χ3n) is 3.49. The molecular weight excluding hydrogens is 288 g/mol. The molecule has 1 aliphatic heterocycles. The van der Waals surface area contributed by atoms with Crippen LogP contribution in [-0.4, -0.2) is 24.0 Å². The highest BCUT2D eigenvalue weighted by atomic mass is 35.5. The van der Waals surface area contributed by atoms with E-state index in [4.69, 9.17) is 22.1 Å². The second kappa shape index (κ2) is 5.66. The number of hydrogen-bond donors (Lipinski definition) is 1. The summed E-state index contributed by atoms with van der Waals surface area (Å²) in [7, 11) is 0. The highest BCUT2D eigenvalue weighted by molar-refractivity contribution is 6.30. The maximum atomic E-state index is 12.6. The molecular formula is C16H15ClN2O2. The first-order valence-electron chi connectivity index (χ1n) is 6.70. The van der Waals surface area contributed by atoms with Gasteiger partial charge in [-0.1, -0.05) is 23.7 Å². The SMILES string of the molecule is Nc1ccc(Cl)cc1CN1CCOc2ccccc2C1=O. The summed E-state index contributed by atoms with van der Waals surface area (Å²) in [5.74, 6) is 0.576. The van der Waals surface area contributed by atoms with Crippen LogP contribution in [0.25, 0.3) is 0 Å². The number of anilines is 1. The van der Waals surface area contributed by atoms with E-state index >= 15 is 0 Å². The zero-order valence-electron chi connectivity index (χ0n) is 11.4. The zero-order chi connectivity index (χ0) is 14.8. The Labute approximate surface area is 128 Å². The van der Waals surface area contributed by atoms with Crippen molar-refractivity contribution in [3.8, 4) is 5.75 Å². The first-order valence-corrected chi connectivity index (χ1v) is 7.08. The van der Waals surface area contributed by atoms with Crippen LogP contribution < -0.4 is 10.5 Å². The lowest BCUT2D eigenvalue weighted by Gasteiger charge is -2.21. The van der Waals surface area contributed by atoms with Gasteiger partial charge in [-0.05, 0) is 35.9 Å². The quantitative estimate of drug-likeness (QED) is 0.868. The molecule has 0 unspecified atom stereocenters. The summed E-state index contributed by atoms with van der Waals surface area (Å²) in [6.07, 6.45) is 0. The minimum absolute atomic E-state index is 0.0533. The van der Waals surface area contributed by atoms with E-state index in [9.17, 15) is 4.79 Å². The summed E-state index contributed by atoms with van der Waals surface area (Å²) < 4.78 is 5.62. The molecule has 2 aromatic rings. The Morgan fingerprint density at radius 2 is 2.05 bits per heavy atom. The van der Waals surface area contributed by atoms with Gasteiger partial charge in [0.1, 0.15) is 12.4 Å². The fraction of sp³-hybridized carbons (Fsp3) is 0.188. The predicted molar refractivity (Wildman–Crippen MR) is 82.5 cm³/mol. The second-order valence-electron chi connectivity index (χ2n) is 4.91. The summed E-state index contributed by atoms with van der Waals surface area (Å²) in [6.45, 7) is 1.39. The number of para-hydroxylation sites is 1. The number of halogens is 1. The van der Waals surface area contributed by atoms with Gasteiger partial charge >= 0.3 is 0 Å². The molecule has 3 rings (SSSR count). The number of nitrogen functional groups attached to an aromatic ring is 1. The standard InChI is InChI=1S/C16H15ClN2O2/c17-12-5-6-14(18)11(9-12)10-19-7-8-21-15-4-2-1-3-13(15)16(19)20/h1-6,9H,7-8,10,18H2. The lowest BCUT2D eigenvalue weighted by molar-refractivity contribution is 0.0743. The van der Waals surface area contributed by atoms with Crippen molar-refractivity contribution >= 4 is 23.2 Å². The van der Waals surface area contributed by atoms with Crippen LogP contribution in [0.5, 0.6) is 5.75 Å². The number of nitrogens with two attached hydrogens (primary N) is 1. The van der Waals surface area contributed by atoms with Crippen molar-refractivity contribution in [3.63, 3.8) is 0 Å². The number of rotatable bonds is 2. The lowest BCUT2D eigenvalue weighted by Crippen LogP contribution is -2.32. The van der Waals surface area contributed by atoms with E-state index in [1.54, 1.807) is 29.2 Å². The molecule has 1 heterocycles. The summed E-state index contributed by atoms with van der Waals surface area (Å²) in [5.41, 5.74) is 8.01. The van der Waals surface area contributed by atoms with Crippen molar-refractivity contribution in [2.75, 3.05) is 18.9 Å². The van der Waals surface area contributed by atoms with E-state index in [0.29, 0.717) is 41.7 Å². The van der Waals surface area contributed by atoms with Crippen LogP contribution in [0.4, 0.5) is 5.69 Å². The number of hydrogen-bond acceptors (Lipinski definition) is 3. The molecule has 1 aliphatic rings. The fourth-order valence-corrected chi connectivity index (χ4v) is 2.57. The highest BCUT2D eigenvalue weighted by Gasteiger charge is 2.23. The number of carbonyl (C=O) groups excluding carboxylic acids is 1. The molecule has 0 spiro atoms. The molecule has 4 nitrogen and oxygen atoms in total. The third kappa shape index (κ3) is 2.81. The summed E-state index contributed by atoms with van der Waals surface area (Å²) in [6, 6.07) is 12.6. The van der Waals surface area contributed by atoms with Crippen LogP contribution in [0.1, 0.15) is 15.9 Å². The topological polar surface area (TPSA) is 55.6 Å². The highest BCUT2D eigenvalue weighted by Crippen LogP contribution is 2.25. The monoisotopic (exact) mass is 302 g/mol. The molecule has 5 heteroatoms. The average molecular weight is 303 g/mol. The Hall–Kier alpha value is -2.20. The minimum atomic E-state index is -0.0533. The van der Waals surface area contributed by atoms with Crippen LogP contribution in [0.15, 0.2) is 42.5 Å². The van der Waals surface area contributed by atoms with Crippen molar-refractivity contribution in [2.24, 2.45) is 0 Å². The van der Waals surface area contributed by atoms with Crippen molar-refractivity contribution in [2.45, 2.75) is 6.54 Å². The van der Waals surface area contributed by atoms with Gasteiger partial charge in [0.15, 0.2) is 0 Å². The van der Waals surface area contributed by atoms with E-state index in [1.807, 2.05) is 18.2 Å². The Bertz CT molecular complexity index is 688. The van der Waals surface area contributed by atoms with E-state index in [-0.39, 0.29) is 5.91 Å². The van der Waals surface area contributed by atoms with E-state index < -0.39 is 0 Å². The van der Waals surface area contributed by atoms with Crippen LogP contribution in [0, 0.1) is 0 Å². The summed E-state index contributed by atoms with van der Waals surface area (Å²) in [5, 5.41) is 0.609. The smallest absolute Gasteiger partial charge is 0.258 e. The van der Waals surface area contributed by atoms with Gasteiger partial charge in [0.2, 0.25) is 0 Å². The molecule has 0 aliphatic carbocycles. The Kier molecular flexibility index (Phi) is 3.71. The zero-order valence-corrected chi connectivity index (χ0v) is 12.1.